The predicted molar refractivity (Wildman–Crippen MR) is 76.4 cm³/mol. The lowest BCUT2D eigenvalue weighted by Crippen LogP contribution is -2.26. The maximum absolute atomic E-state index is 5.86. The van der Waals surface area contributed by atoms with Crippen LogP contribution in [-0.4, -0.2) is 23.1 Å². The number of anilines is 1. The number of hydrogen-bond acceptors (Lipinski definition) is 4. The average Bonchev–Trinajstić information content (AvgIpc) is 2.47. The van der Waals surface area contributed by atoms with Gasteiger partial charge in [-0.3, -0.25) is 0 Å². The van der Waals surface area contributed by atoms with Gasteiger partial charge in [0.1, 0.15) is 12.1 Å². The summed E-state index contributed by atoms with van der Waals surface area (Å²) in [6.45, 7) is 2.13. The highest BCUT2D eigenvalue weighted by Crippen LogP contribution is 2.18. The van der Waals surface area contributed by atoms with E-state index in [1.165, 1.54) is 6.33 Å². The van der Waals surface area contributed by atoms with Gasteiger partial charge in [-0.05, 0) is 44.1 Å². The van der Waals surface area contributed by atoms with Gasteiger partial charge >= 0.3 is 0 Å². The smallest absolute Gasteiger partial charge is 0.134 e. The molecular formula is C15H16N4. The zero-order valence-electron chi connectivity index (χ0n) is 10.7. The Morgan fingerprint density at radius 3 is 2.89 bits per heavy atom. The van der Waals surface area contributed by atoms with Crippen molar-refractivity contribution >= 4 is 16.7 Å². The van der Waals surface area contributed by atoms with Crippen molar-refractivity contribution in [3.8, 4) is 11.8 Å². The molecular weight excluding hydrogens is 236 g/mol. The fourth-order valence-electron chi connectivity index (χ4n) is 2.31. The molecule has 0 saturated carbocycles. The second-order valence-electron chi connectivity index (χ2n) is 4.78. The number of hydrogen-bond donors (Lipinski definition) is 2. The van der Waals surface area contributed by atoms with E-state index in [0.29, 0.717) is 11.7 Å². The minimum atomic E-state index is 0.501. The molecule has 1 aliphatic rings. The van der Waals surface area contributed by atoms with Crippen LogP contribution in [0.25, 0.3) is 10.9 Å². The Balaban J connectivity index is 1.89. The number of aromatic nitrogens is 2. The minimum absolute atomic E-state index is 0.501. The Morgan fingerprint density at radius 2 is 2.05 bits per heavy atom. The van der Waals surface area contributed by atoms with Gasteiger partial charge in [0.15, 0.2) is 0 Å². The van der Waals surface area contributed by atoms with Crippen molar-refractivity contribution in [2.45, 2.75) is 12.8 Å². The SMILES string of the molecule is Nc1ncnc2ccc(C#CC3CCNCC3)cc12. The van der Waals surface area contributed by atoms with Gasteiger partial charge in [0, 0.05) is 16.9 Å². The maximum Gasteiger partial charge on any atom is 0.134 e. The van der Waals surface area contributed by atoms with Crippen molar-refractivity contribution in [1.29, 1.82) is 0 Å². The van der Waals surface area contributed by atoms with E-state index in [9.17, 15) is 0 Å². The van der Waals surface area contributed by atoms with Gasteiger partial charge in [0.05, 0.1) is 5.52 Å². The van der Waals surface area contributed by atoms with Crippen molar-refractivity contribution in [2.24, 2.45) is 5.92 Å². The molecule has 0 amide bonds. The number of piperidine rings is 1. The van der Waals surface area contributed by atoms with Gasteiger partial charge in [-0.25, -0.2) is 9.97 Å². The van der Waals surface area contributed by atoms with Crippen LogP contribution in [0, 0.1) is 17.8 Å². The van der Waals surface area contributed by atoms with E-state index in [0.717, 1.165) is 42.4 Å². The van der Waals surface area contributed by atoms with Crippen LogP contribution in [0.2, 0.25) is 0 Å². The van der Waals surface area contributed by atoms with Crippen LogP contribution < -0.4 is 11.1 Å². The zero-order valence-corrected chi connectivity index (χ0v) is 10.7. The summed E-state index contributed by atoms with van der Waals surface area (Å²) < 4.78 is 0. The van der Waals surface area contributed by atoms with Gasteiger partial charge in [0.25, 0.3) is 0 Å². The minimum Gasteiger partial charge on any atom is -0.383 e. The topological polar surface area (TPSA) is 63.8 Å². The van der Waals surface area contributed by atoms with E-state index in [1.807, 2.05) is 18.2 Å². The quantitative estimate of drug-likeness (QED) is 0.698. The Labute approximate surface area is 112 Å². The summed E-state index contributed by atoms with van der Waals surface area (Å²) >= 11 is 0. The monoisotopic (exact) mass is 252 g/mol. The van der Waals surface area contributed by atoms with Gasteiger partial charge in [-0.2, -0.15) is 0 Å². The molecule has 0 unspecified atom stereocenters. The van der Waals surface area contributed by atoms with Crippen LogP contribution in [0.4, 0.5) is 5.82 Å². The molecule has 3 rings (SSSR count). The standard InChI is InChI=1S/C15H16N4/c16-15-13-9-12(3-4-14(13)18-10-19-15)2-1-11-5-7-17-8-6-11/h3-4,9-11,17H,5-8H2,(H2,16,18,19). The molecule has 1 aliphatic heterocycles. The molecule has 4 heteroatoms. The van der Waals surface area contributed by atoms with Crippen molar-refractivity contribution in [3.63, 3.8) is 0 Å². The summed E-state index contributed by atoms with van der Waals surface area (Å²) in [5.74, 6) is 7.61. The molecule has 2 aromatic rings. The first-order valence-electron chi connectivity index (χ1n) is 6.55. The first kappa shape index (κ1) is 11.9. The fraction of sp³-hybridized carbons (Fsp3) is 0.333. The lowest BCUT2D eigenvalue weighted by molar-refractivity contribution is 0.447. The Morgan fingerprint density at radius 1 is 1.21 bits per heavy atom. The average molecular weight is 252 g/mol. The molecule has 0 radical (unpaired) electrons. The van der Waals surface area contributed by atoms with E-state index in [2.05, 4.69) is 27.1 Å². The molecule has 2 heterocycles. The maximum atomic E-state index is 5.86. The third-order valence-corrected chi connectivity index (χ3v) is 3.43. The summed E-state index contributed by atoms with van der Waals surface area (Å²) in [6.07, 6.45) is 3.75. The first-order chi connectivity index (χ1) is 9.33. The Kier molecular flexibility index (Phi) is 3.30. The number of fused-ring (bicyclic) bond motifs is 1. The summed E-state index contributed by atoms with van der Waals surface area (Å²) in [5.41, 5.74) is 7.70. The van der Waals surface area contributed by atoms with E-state index < -0.39 is 0 Å². The molecule has 1 aromatic heterocycles. The van der Waals surface area contributed by atoms with Crippen molar-refractivity contribution in [1.82, 2.24) is 15.3 Å². The largest absolute Gasteiger partial charge is 0.383 e. The highest BCUT2D eigenvalue weighted by Gasteiger charge is 2.09. The predicted octanol–water partition coefficient (Wildman–Crippen LogP) is 1.56. The molecule has 1 saturated heterocycles. The van der Waals surface area contributed by atoms with Crippen LogP contribution in [0.15, 0.2) is 24.5 Å². The Bertz CT molecular complexity index is 648. The molecule has 0 atom stereocenters. The van der Waals surface area contributed by atoms with E-state index in [-0.39, 0.29) is 0 Å². The molecule has 0 bridgehead atoms. The normalized spacial score (nSPS) is 16.0. The van der Waals surface area contributed by atoms with Gasteiger partial charge in [-0.1, -0.05) is 11.8 Å². The van der Waals surface area contributed by atoms with Gasteiger partial charge < -0.3 is 11.1 Å². The molecule has 19 heavy (non-hydrogen) atoms. The van der Waals surface area contributed by atoms with E-state index >= 15 is 0 Å². The second kappa shape index (κ2) is 5.25. The lowest BCUT2D eigenvalue weighted by atomic mass is 9.98. The number of nitrogens with one attached hydrogen (secondary N) is 1. The molecule has 1 fully saturated rings. The molecule has 3 N–H and O–H groups in total. The highest BCUT2D eigenvalue weighted by atomic mass is 14.9. The van der Waals surface area contributed by atoms with Gasteiger partial charge in [-0.15, -0.1) is 0 Å². The second-order valence-corrected chi connectivity index (χ2v) is 4.78. The number of rotatable bonds is 0. The molecule has 4 nitrogen and oxygen atoms in total. The van der Waals surface area contributed by atoms with E-state index in [1.54, 1.807) is 0 Å². The molecule has 96 valence electrons. The van der Waals surface area contributed by atoms with Crippen LogP contribution in [0.1, 0.15) is 18.4 Å². The van der Waals surface area contributed by atoms with Crippen molar-refractivity contribution in [2.75, 3.05) is 18.8 Å². The summed E-state index contributed by atoms with van der Waals surface area (Å²) in [7, 11) is 0. The van der Waals surface area contributed by atoms with Crippen molar-refractivity contribution < 1.29 is 0 Å². The number of nitrogens with two attached hydrogens (primary N) is 1. The first-order valence-corrected chi connectivity index (χ1v) is 6.55. The van der Waals surface area contributed by atoms with Crippen LogP contribution in [0.3, 0.4) is 0 Å². The lowest BCUT2D eigenvalue weighted by Gasteiger charge is -2.17. The highest BCUT2D eigenvalue weighted by molar-refractivity contribution is 5.88. The summed E-state index contributed by atoms with van der Waals surface area (Å²) in [5, 5.41) is 4.22. The summed E-state index contributed by atoms with van der Waals surface area (Å²) in [6, 6.07) is 5.90. The van der Waals surface area contributed by atoms with Crippen LogP contribution in [-0.2, 0) is 0 Å². The van der Waals surface area contributed by atoms with Crippen LogP contribution >= 0.6 is 0 Å². The fourth-order valence-corrected chi connectivity index (χ4v) is 2.31. The zero-order chi connectivity index (χ0) is 13.1. The van der Waals surface area contributed by atoms with Crippen LogP contribution in [0.5, 0.6) is 0 Å². The Hall–Kier alpha value is -2.12. The van der Waals surface area contributed by atoms with Crippen molar-refractivity contribution in [3.05, 3.63) is 30.1 Å². The molecule has 0 aliphatic carbocycles. The van der Waals surface area contributed by atoms with Gasteiger partial charge in [0.2, 0.25) is 0 Å². The molecule has 1 aromatic carbocycles. The van der Waals surface area contributed by atoms with E-state index in [4.69, 9.17) is 5.73 Å². The number of nitrogens with zero attached hydrogens (tertiary/aromatic N) is 2. The third-order valence-electron chi connectivity index (χ3n) is 3.43. The number of benzene rings is 1. The third kappa shape index (κ3) is 2.67. The summed E-state index contributed by atoms with van der Waals surface area (Å²) in [4.78, 5) is 8.19. The number of nitrogen functional groups attached to an aromatic ring is 1. The molecule has 0 spiro atoms.